The Hall–Kier alpha value is -1.17. The molecule has 0 radical (unpaired) electrons. The Balaban J connectivity index is 1.99. The number of morpholine rings is 1. The monoisotopic (exact) mass is 258 g/mol. The Labute approximate surface area is 103 Å². The number of rotatable bonds is 2. The standard InChI is InChI=1S/C11H12ClFN2O2/c12-8-5-7(1-2-9(8)13)15-11(16)10-6-17-4-3-14-10/h1-2,5,10,14H,3-4,6H2,(H,15,16). The minimum Gasteiger partial charge on any atom is -0.378 e. The summed E-state index contributed by atoms with van der Waals surface area (Å²) in [6, 6.07) is 3.66. The molecular weight excluding hydrogens is 247 g/mol. The van der Waals surface area contributed by atoms with Crippen molar-refractivity contribution < 1.29 is 13.9 Å². The molecular formula is C11H12ClFN2O2. The van der Waals surface area contributed by atoms with Gasteiger partial charge in [0.25, 0.3) is 0 Å². The van der Waals surface area contributed by atoms with Crippen LogP contribution in [-0.4, -0.2) is 31.7 Å². The zero-order chi connectivity index (χ0) is 12.3. The van der Waals surface area contributed by atoms with Gasteiger partial charge in [-0.15, -0.1) is 0 Å². The van der Waals surface area contributed by atoms with Crippen LogP contribution in [-0.2, 0) is 9.53 Å². The summed E-state index contributed by atoms with van der Waals surface area (Å²) < 4.78 is 18.1. The molecule has 1 amide bonds. The number of hydrogen-bond acceptors (Lipinski definition) is 3. The van der Waals surface area contributed by atoms with Crippen LogP contribution in [0.2, 0.25) is 5.02 Å². The first-order valence-electron chi connectivity index (χ1n) is 5.24. The zero-order valence-corrected chi connectivity index (χ0v) is 9.76. The number of benzene rings is 1. The molecule has 1 aliphatic heterocycles. The van der Waals surface area contributed by atoms with Gasteiger partial charge < -0.3 is 15.4 Å². The lowest BCUT2D eigenvalue weighted by molar-refractivity contribution is -0.120. The van der Waals surface area contributed by atoms with E-state index in [4.69, 9.17) is 16.3 Å². The molecule has 0 saturated carbocycles. The van der Waals surface area contributed by atoms with E-state index in [0.29, 0.717) is 25.4 Å². The van der Waals surface area contributed by atoms with Crippen LogP contribution in [0.3, 0.4) is 0 Å². The van der Waals surface area contributed by atoms with E-state index in [2.05, 4.69) is 10.6 Å². The van der Waals surface area contributed by atoms with Crippen molar-refractivity contribution in [2.24, 2.45) is 0 Å². The van der Waals surface area contributed by atoms with Crippen molar-refractivity contribution in [3.05, 3.63) is 29.0 Å². The van der Waals surface area contributed by atoms with Crippen LogP contribution in [0.4, 0.5) is 10.1 Å². The average Bonchev–Trinajstić information content (AvgIpc) is 2.35. The Kier molecular flexibility index (Phi) is 3.93. The quantitative estimate of drug-likeness (QED) is 0.843. The lowest BCUT2D eigenvalue weighted by atomic mass is 10.2. The minimum absolute atomic E-state index is 0.0179. The normalized spacial score (nSPS) is 20.0. The van der Waals surface area contributed by atoms with Gasteiger partial charge in [-0.1, -0.05) is 11.6 Å². The van der Waals surface area contributed by atoms with Crippen LogP contribution < -0.4 is 10.6 Å². The van der Waals surface area contributed by atoms with Crippen molar-refractivity contribution in [2.45, 2.75) is 6.04 Å². The molecule has 1 saturated heterocycles. The van der Waals surface area contributed by atoms with Crippen molar-refractivity contribution >= 4 is 23.2 Å². The summed E-state index contributed by atoms with van der Waals surface area (Å²) >= 11 is 5.62. The molecule has 0 aliphatic carbocycles. The third-order valence-electron chi connectivity index (χ3n) is 2.43. The summed E-state index contributed by atoms with van der Waals surface area (Å²) in [7, 11) is 0. The highest BCUT2D eigenvalue weighted by Gasteiger charge is 2.21. The first kappa shape index (κ1) is 12.3. The Bertz CT molecular complexity index is 422. The maximum atomic E-state index is 12.9. The number of amides is 1. The number of carbonyl (C=O) groups is 1. The molecule has 17 heavy (non-hydrogen) atoms. The first-order valence-corrected chi connectivity index (χ1v) is 5.61. The molecule has 1 unspecified atom stereocenters. The van der Waals surface area contributed by atoms with Crippen LogP contribution in [0.25, 0.3) is 0 Å². The second-order valence-electron chi connectivity index (χ2n) is 3.70. The summed E-state index contributed by atoms with van der Waals surface area (Å²) in [6.07, 6.45) is 0. The third kappa shape index (κ3) is 3.15. The largest absolute Gasteiger partial charge is 0.378 e. The molecule has 2 N–H and O–H groups in total. The van der Waals surface area contributed by atoms with Gasteiger partial charge in [0.05, 0.1) is 18.2 Å². The van der Waals surface area contributed by atoms with E-state index in [1.54, 1.807) is 0 Å². The van der Waals surface area contributed by atoms with E-state index in [-0.39, 0.29) is 17.0 Å². The van der Waals surface area contributed by atoms with Crippen molar-refractivity contribution in [1.82, 2.24) is 5.32 Å². The van der Waals surface area contributed by atoms with Gasteiger partial charge in [0.15, 0.2) is 0 Å². The molecule has 1 fully saturated rings. The molecule has 0 bridgehead atoms. The highest BCUT2D eigenvalue weighted by atomic mass is 35.5. The molecule has 1 aromatic carbocycles. The number of carbonyl (C=O) groups excluding carboxylic acids is 1. The molecule has 1 aliphatic rings. The van der Waals surface area contributed by atoms with Gasteiger partial charge in [0, 0.05) is 12.2 Å². The van der Waals surface area contributed by atoms with Gasteiger partial charge in [-0.2, -0.15) is 0 Å². The topological polar surface area (TPSA) is 50.4 Å². The molecule has 4 nitrogen and oxygen atoms in total. The van der Waals surface area contributed by atoms with Gasteiger partial charge in [0.2, 0.25) is 5.91 Å². The van der Waals surface area contributed by atoms with E-state index >= 15 is 0 Å². The van der Waals surface area contributed by atoms with Gasteiger partial charge in [-0.05, 0) is 18.2 Å². The van der Waals surface area contributed by atoms with Crippen molar-refractivity contribution in [2.75, 3.05) is 25.1 Å². The maximum Gasteiger partial charge on any atom is 0.243 e. The van der Waals surface area contributed by atoms with Crippen LogP contribution in [0.5, 0.6) is 0 Å². The van der Waals surface area contributed by atoms with Crippen molar-refractivity contribution in [3.63, 3.8) is 0 Å². The van der Waals surface area contributed by atoms with Gasteiger partial charge in [-0.25, -0.2) is 4.39 Å². The van der Waals surface area contributed by atoms with Crippen molar-refractivity contribution in [1.29, 1.82) is 0 Å². The van der Waals surface area contributed by atoms with Crippen LogP contribution in [0, 0.1) is 5.82 Å². The summed E-state index contributed by atoms with van der Waals surface area (Å²) in [6.45, 7) is 1.58. The van der Waals surface area contributed by atoms with Crippen LogP contribution >= 0.6 is 11.6 Å². The van der Waals surface area contributed by atoms with Crippen LogP contribution in [0.1, 0.15) is 0 Å². The van der Waals surface area contributed by atoms with Gasteiger partial charge >= 0.3 is 0 Å². The van der Waals surface area contributed by atoms with Gasteiger partial charge in [-0.3, -0.25) is 4.79 Å². The maximum absolute atomic E-state index is 12.9. The van der Waals surface area contributed by atoms with E-state index in [1.807, 2.05) is 0 Å². The number of anilines is 1. The number of halogens is 2. The smallest absolute Gasteiger partial charge is 0.243 e. The fourth-order valence-electron chi connectivity index (χ4n) is 1.54. The van der Waals surface area contributed by atoms with E-state index in [1.165, 1.54) is 18.2 Å². The minimum atomic E-state index is -0.510. The molecule has 1 aromatic rings. The second kappa shape index (κ2) is 5.44. The molecule has 92 valence electrons. The van der Waals surface area contributed by atoms with E-state index in [9.17, 15) is 9.18 Å². The zero-order valence-electron chi connectivity index (χ0n) is 9.00. The third-order valence-corrected chi connectivity index (χ3v) is 2.71. The summed E-state index contributed by atoms with van der Waals surface area (Å²) in [5, 5.41) is 5.65. The van der Waals surface area contributed by atoms with Crippen molar-refractivity contribution in [3.8, 4) is 0 Å². The summed E-state index contributed by atoms with van der Waals surface area (Å²) in [4.78, 5) is 11.8. The predicted octanol–water partition coefficient (Wildman–Crippen LogP) is 1.41. The highest BCUT2D eigenvalue weighted by Crippen LogP contribution is 2.19. The molecule has 1 atom stereocenters. The summed E-state index contributed by atoms with van der Waals surface area (Å²) in [5.74, 6) is -0.726. The molecule has 6 heteroatoms. The number of nitrogens with one attached hydrogen (secondary N) is 2. The Morgan fingerprint density at radius 3 is 3.06 bits per heavy atom. The average molecular weight is 259 g/mol. The Morgan fingerprint density at radius 2 is 2.41 bits per heavy atom. The van der Waals surface area contributed by atoms with E-state index in [0.717, 1.165) is 0 Å². The number of hydrogen-bond donors (Lipinski definition) is 2. The Morgan fingerprint density at radius 1 is 1.59 bits per heavy atom. The lowest BCUT2D eigenvalue weighted by Crippen LogP contribution is -2.48. The van der Waals surface area contributed by atoms with Gasteiger partial charge in [0.1, 0.15) is 11.9 Å². The molecule has 1 heterocycles. The number of ether oxygens (including phenoxy) is 1. The SMILES string of the molecule is O=C(Nc1ccc(F)c(Cl)c1)C1COCCN1. The molecule has 0 aromatic heterocycles. The first-order chi connectivity index (χ1) is 8.16. The van der Waals surface area contributed by atoms with Crippen LogP contribution in [0.15, 0.2) is 18.2 Å². The molecule has 0 spiro atoms. The second-order valence-corrected chi connectivity index (χ2v) is 4.11. The summed E-state index contributed by atoms with van der Waals surface area (Å²) in [5.41, 5.74) is 0.466. The lowest BCUT2D eigenvalue weighted by Gasteiger charge is -2.22. The fourth-order valence-corrected chi connectivity index (χ4v) is 1.72. The molecule has 2 rings (SSSR count). The predicted molar refractivity (Wildman–Crippen MR) is 62.6 cm³/mol. The van der Waals surface area contributed by atoms with E-state index < -0.39 is 5.82 Å². The fraction of sp³-hybridized carbons (Fsp3) is 0.364. The highest BCUT2D eigenvalue weighted by molar-refractivity contribution is 6.31.